The van der Waals surface area contributed by atoms with Crippen molar-refractivity contribution in [1.82, 2.24) is 0 Å². The Morgan fingerprint density at radius 3 is 2.75 bits per heavy atom. The third kappa shape index (κ3) is 1.84. The minimum atomic E-state index is 1.12. The van der Waals surface area contributed by atoms with Gasteiger partial charge >= 0.3 is 0 Å². The van der Waals surface area contributed by atoms with E-state index in [-0.39, 0.29) is 0 Å². The van der Waals surface area contributed by atoms with Crippen LogP contribution in [0.25, 0.3) is 0 Å². The minimum Gasteiger partial charge on any atom is -0.388 e. The van der Waals surface area contributed by atoms with Crippen LogP contribution in [0.3, 0.4) is 0 Å². The Labute approximate surface area is 73.3 Å². The molecule has 1 N–H and O–H groups in total. The standard InChI is InChI=1S/C10H14N2/c1-8-4-5-10(12-3)9(6-8)7-11-2/h4-7,12H,1-3H3/b11-7-. The molecule has 0 spiro atoms. The van der Waals surface area contributed by atoms with Crippen molar-refractivity contribution >= 4 is 11.9 Å². The van der Waals surface area contributed by atoms with Gasteiger partial charge in [0.15, 0.2) is 0 Å². The number of rotatable bonds is 2. The van der Waals surface area contributed by atoms with Crippen molar-refractivity contribution in [2.45, 2.75) is 6.92 Å². The normalized spacial score (nSPS) is 10.6. The predicted octanol–water partition coefficient (Wildman–Crippen LogP) is 2.09. The lowest BCUT2D eigenvalue weighted by Crippen LogP contribution is -1.94. The van der Waals surface area contributed by atoms with E-state index in [2.05, 4.69) is 35.4 Å². The lowest BCUT2D eigenvalue weighted by atomic mass is 10.1. The Morgan fingerprint density at radius 2 is 2.17 bits per heavy atom. The third-order valence-electron chi connectivity index (χ3n) is 1.74. The van der Waals surface area contributed by atoms with E-state index in [0.29, 0.717) is 0 Å². The SMILES string of the molecule is C/N=C\c1cc(C)ccc1NC. The van der Waals surface area contributed by atoms with Gasteiger partial charge in [-0.2, -0.15) is 0 Å². The monoisotopic (exact) mass is 162 g/mol. The molecule has 0 aliphatic rings. The highest BCUT2D eigenvalue weighted by Crippen LogP contribution is 2.14. The molecule has 0 bridgehead atoms. The zero-order valence-electron chi connectivity index (χ0n) is 7.76. The molecule has 0 aliphatic carbocycles. The molecule has 0 atom stereocenters. The van der Waals surface area contributed by atoms with Gasteiger partial charge in [0.25, 0.3) is 0 Å². The number of anilines is 1. The molecule has 0 saturated heterocycles. The van der Waals surface area contributed by atoms with Gasteiger partial charge in [0.05, 0.1) is 0 Å². The molecule has 1 aromatic rings. The summed E-state index contributed by atoms with van der Waals surface area (Å²) < 4.78 is 0. The average Bonchev–Trinajstić information content (AvgIpc) is 2.05. The van der Waals surface area contributed by atoms with Crippen molar-refractivity contribution in [3.63, 3.8) is 0 Å². The Bertz CT molecular complexity index is 290. The predicted molar refractivity (Wildman–Crippen MR) is 54.2 cm³/mol. The maximum Gasteiger partial charge on any atom is 0.0426 e. The van der Waals surface area contributed by atoms with Crippen LogP contribution in [0.2, 0.25) is 0 Å². The van der Waals surface area contributed by atoms with Gasteiger partial charge in [-0.3, -0.25) is 4.99 Å². The van der Waals surface area contributed by atoms with Gasteiger partial charge in [-0.25, -0.2) is 0 Å². The zero-order chi connectivity index (χ0) is 8.97. The zero-order valence-corrected chi connectivity index (χ0v) is 7.76. The van der Waals surface area contributed by atoms with Crippen LogP contribution in [-0.2, 0) is 0 Å². The smallest absolute Gasteiger partial charge is 0.0426 e. The van der Waals surface area contributed by atoms with E-state index in [1.54, 1.807) is 7.05 Å². The first-order chi connectivity index (χ1) is 5.77. The van der Waals surface area contributed by atoms with Crippen LogP contribution in [0.1, 0.15) is 11.1 Å². The summed E-state index contributed by atoms with van der Waals surface area (Å²) in [4.78, 5) is 3.99. The van der Waals surface area contributed by atoms with Gasteiger partial charge < -0.3 is 5.32 Å². The van der Waals surface area contributed by atoms with Crippen LogP contribution in [0.5, 0.6) is 0 Å². The Kier molecular flexibility index (Phi) is 2.86. The van der Waals surface area contributed by atoms with Crippen molar-refractivity contribution in [1.29, 1.82) is 0 Å². The van der Waals surface area contributed by atoms with E-state index in [0.717, 1.165) is 11.3 Å². The lowest BCUT2D eigenvalue weighted by Gasteiger charge is -2.04. The van der Waals surface area contributed by atoms with Gasteiger partial charge in [0.1, 0.15) is 0 Å². The Morgan fingerprint density at radius 1 is 1.42 bits per heavy atom. The number of aryl methyl sites for hydroxylation is 1. The highest BCUT2D eigenvalue weighted by Gasteiger charge is 1.96. The Hall–Kier alpha value is -1.31. The fourth-order valence-corrected chi connectivity index (χ4v) is 1.16. The van der Waals surface area contributed by atoms with Crippen molar-refractivity contribution in [3.8, 4) is 0 Å². The molecule has 12 heavy (non-hydrogen) atoms. The second-order valence-corrected chi connectivity index (χ2v) is 2.73. The molecule has 0 aliphatic heterocycles. The highest BCUT2D eigenvalue weighted by molar-refractivity contribution is 5.87. The largest absolute Gasteiger partial charge is 0.388 e. The lowest BCUT2D eigenvalue weighted by molar-refractivity contribution is 1.40. The second-order valence-electron chi connectivity index (χ2n) is 2.73. The maximum atomic E-state index is 3.99. The molecule has 64 valence electrons. The van der Waals surface area contributed by atoms with E-state index < -0.39 is 0 Å². The number of nitrogens with one attached hydrogen (secondary N) is 1. The average molecular weight is 162 g/mol. The fourth-order valence-electron chi connectivity index (χ4n) is 1.16. The van der Waals surface area contributed by atoms with Crippen molar-refractivity contribution < 1.29 is 0 Å². The first-order valence-corrected chi connectivity index (χ1v) is 3.98. The second kappa shape index (κ2) is 3.90. The fraction of sp³-hybridized carbons (Fsp3) is 0.300. The third-order valence-corrected chi connectivity index (χ3v) is 1.74. The summed E-state index contributed by atoms with van der Waals surface area (Å²) in [6, 6.07) is 6.25. The van der Waals surface area contributed by atoms with E-state index in [1.807, 2.05) is 13.3 Å². The molecule has 0 aromatic heterocycles. The summed E-state index contributed by atoms with van der Waals surface area (Å²) in [5.74, 6) is 0. The van der Waals surface area contributed by atoms with Crippen LogP contribution in [-0.4, -0.2) is 20.3 Å². The molecular formula is C10H14N2. The van der Waals surface area contributed by atoms with E-state index in [4.69, 9.17) is 0 Å². The molecule has 0 fully saturated rings. The van der Waals surface area contributed by atoms with E-state index in [1.165, 1.54) is 5.56 Å². The van der Waals surface area contributed by atoms with Crippen LogP contribution in [0, 0.1) is 6.92 Å². The van der Waals surface area contributed by atoms with Crippen LogP contribution >= 0.6 is 0 Å². The summed E-state index contributed by atoms with van der Waals surface area (Å²) in [6.45, 7) is 2.08. The number of nitrogens with zero attached hydrogens (tertiary/aromatic N) is 1. The van der Waals surface area contributed by atoms with Gasteiger partial charge in [-0.05, 0) is 19.1 Å². The van der Waals surface area contributed by atoms with Crippen molar-refractivity contribution in [2.75, 3.05) is 19.4 Å². The van der Waals surface area contributed by atoms with Crippen LogP contribution in [0.15, 0.2) is 23.2 Å². The molecule has 0 unspecified atom stereocenters. The molecule has 0 amide bonds. The number of aliphatic imine (C=N–C) groups is 1. The molecule has 2 nitrogen and oxygen atoms in total. The van der Waals surface area contributed by atoms with Gasteiger partial charge in [0.2, 0.25) is 0 Å². The summed E-state index contributed by atoms with van der Waals surface area (Å²) in [5.41, 5.74) is 3.51. The molecule has 0 heterocycles. The topological polar surface area (TPSA) is 24.4 Å². The molecule has 1 rings (SSSR count). The van der Waals surface area contributed by atoms with E-state index >= 15 is 0 Å². The molecular weight excluding hydrogens is 148 g/mol. The number of hydrogen-bond acceptors (Lipinski definition) is 2. The van der Waals surface area contributed by atoms with E-state index in [9.17, 15) is 0 Å². The Balaban J connectivity index is 3.12. The van der Waals surface area contributed by atoms with Crippen molar-refractivity contribution in [3.05, 3.63) is 29.3 Å². The summed E-state index contributed by atoms with van der Waals surface area (Å²) in [5, 5.41) is 3.12. The van der Waals surface area contributed by atoms with Gasteiger partial charge in [-0.15, -0.1) is 0 Å². The van der Waals surface area contributed by atoms with Gasteiger partial charge in [-0.1, -0.05) is 11.6 Å². The van der Waals surface area contributed by atoms with Crippen LogP contribution in [0.4, 0.5) is 5.69 Å². The minimum absolute atomic E-state index is 1.12. The number of hydrogen-bond donors (Lipinski definition) is 1. The summed E-state index contributed by atoms with van der Waals surface area (Å²) >= 11 is 0. The summed E-state index contributed by atoms with van der Waals surface area (Å²) in [7, 11) is 3.69. The summed E-state index contributed by atoms with van der Waals surface area (Å²) in [6.07, 6.45) is 1.86. The highest BCUT2D eigenvalue weighted by atomic mass is 14.8. The molecule has 0 radical (unpaired) electrons. The van der Waals surface area contributed by atoms with Crippen LogP contribution < -0.4 is 5.32 Å². The molecule has 2 heteroatoms. The first-order valence-electron chi connectivity index (χ1n) is 3.98. The first kappa shape index (κ1) is 8.78. The molecule has 0 saturated carbocycles. The maximum absolute atomic E-state index is 3.99. The molecule has 1 aromatic carbocycles. The quantitative estimate of drug-likeness (QED) is 0.661. The number of benzene rings is 1. The van der Waals surface area contributed by atoms with Gasteiger partial charge in [0, 0.05) is 31.6 Å². The van der Waals surface area contributed by atoms with Crippen molar-refractivity contribution in [2.24, 2.45) is 4.99 Å².